The van der Waals surface area contributed by atoms with Crippen LogP contribution in [0.5, 0.6) is 0 Å². The number of halogens is 2. The van der Waals surface area contributed by atoms with Gasteiger partial charge in [-0.05, 0) is 49.6 Å². The zero-order valence-corrected chi connectivity index (χ0v) is 12.4. The zero-order valence-electron chi connectivity index (χ0n) is 12.4. The summed E-state index contributed by atoms with van der Waals surface area (Å²) in [6.45, 7) is 4.80. The van der Waals surface area contributed by atoms with Crippen molar-refractivity contribution in [2.75, 3.05) is 6.54 Å². The highest BCUT2D eigenvalue weighted by molar-refractivity contribution is 5.26. The van der Waals surface area contributed by atoms with Gasteiger partial charge in [-0.25, -0.2) is 8.78 Å². The summed E-state index contributed by atoms with van der Waals surface area (Å²) in [6.07, 6.45) is 4.74. The van der Waals surface area contributed by atoms with E-state index in [4.69, 9.17) is 0 Å². The van der Waals surface area contributed by atoms with E-state index in [0.717, 1.165) is 24.1 Å². The van der Waals surface area contributed by atoms with Gasteiger partial charge < -0.3 is 5.32 Å². The van der Waals surface area contributed by atoms with Gasteiger partial charge in [0.25, 0.3) is 0 Å². The van der Waals surface area contributed by atoms with Crippen molar-refractivity contribution in [1.29, 1.82) is 0 Å². The summed E-state index contributed by atoms with van der Waals surface area (Å²) in [6, 6.07) is 5.83. The first-order valence-electron chi connectivity index (χ1n) is 7.19. The monoisotopic (exact) mass is 290 g/mol. The maximum absolute atomic E-state index is 13.8. The molecule has 0 fully saturated rings. The molecule has 0 aliphatic carbocycles. The minimum atomic E-state index is -0.501. The number of hydrogen-bond acceptors (Lipinski definition) is 2. The van der Waals surface area contributed by atoms with Crippen LogP contribution >= 0.6 is 0 Å². The molecule has 1 unspecified atom stereocenters. The normalized spacial score (nSPS) is 12.4. The second kappa shape index (κ2) is 7.27. The molecule has 1 N–H and O–H groups in total. The van der Waals surface area contributed by atoms with Crippen molar-refractivity contribution < 1.29 is 8.78 Å². The van der Waals surface area contributed by atoms with Gasteiger partial charge in [-0.15, -0.1) is 0 Å². The van der Waals surface area contributed by atoms with Crippen LogP contribution in [-0.4, -0.2) is 11.5 Å². The molecule has 0 aliphatic rings. The Labute approximate surface area is 124 Å². The molecule has 0 spiro atoms. The largest absolute Gasteiger partial charge is 0.310 e. The third kappa shape index (κ3) is 4.08. The van der Waals surface area contributed by atoms with Crippen LogP contribution in [0.3, 0.4) is 0 Å². The summed E-state index contributed by atoms with van der Waals surface area (Å²) in [5.41, 5.74) is 2.10. The van der Waals surface area contributed by atoms with Gasteiger partial charge in [-0.3, -0.25) is 4.98 Å². The van der Waals surface area contributed by atoms with Gasteiger partial charge in [0, 0.05) is 24.0 Å². The first-order valence-corrected chi connectivity index (χ1v) is 7.19. The van der Waals surface area contributed by atoms with Crippen LogP contribution < -0.4 is 5.32 Å². The van der Waals surface area contributed by atoms with Gasteiger partial charge in [-0.2, -0.15) is 0 Å². The molecule has 1 atom stereocenters. The molecule has 1 aromatic heterocycles. The SMILES string of the molecule is CCCNC(Cc1c(F)cccc1F)c1cncc(C)c1. The fourth-order valence-electron chi connectivity index (χ4n) is 2.33. The molecule has 2 rings (SSSR count). The van der Waals surface area contributed by atoms with Crippen LogP contribution in [-0.2, 0) is 6.42 Å². The highest BCUT2D eigenvalue weighted by Crippen LogP contribution is 2.22. The first-order chi connectivity index (χ1) is 10.1. The van der Waals surface area contributed by atoms with E-state index in [1.807, 2.05) is 13.0 Å². The molecule has 0 saturated heterocycles. The van der Waals surface area contributed by atoms with Gasteiger partial charge in [-0.1, -0.05) is 19.1 Å². The van der Waals surface area contributed by atoms with Crippen molar-refractivity contribution in [3.63, 3.8) is 0 Å². The molecule has 2 nitrogen and oxygen atoms in total. The van der Waals surface area contributed by atoms with E-state index in [0.29, 0.717) is 0 Å². The van der Waals surface area contributed by atoms with E-state index in [-0.39, 0.29) is 18.0 Å². The maximum Gasteiger partial charge on any atom is 0.129 e. The lowest BCUT2D eigenvalue weighted by Gasteiger charge is -2.20. The van der Waals surface area contributed by atoms with Crippen LogP contribution in [0.1, 0.15) is 36.1 Å². The Morgan fingerprint density at radius 1 is 1.19 bits per heavy atom. The molecule has 21 heavy (non-hydrogen) atoms. The first kappa shape index (κ1) is 15.6. The van der Waals surface area contributed by atoms with Gasteiger partial charge in [0.2, 0.25) is 0 Å². The number of aryl methyl sites for hydroxylation is 1. The molecule has 4 heteroatoms. The average molecular weight is 290 g/mol. The summed E-state index contributed by atoms with van der Waals surface area (Å²) in [4.78, 5) is 4.17. The minimum absolute atomic E-state index is 0.118. The van der Waals surface area contributed by atoms with Crippen molar-refractivity contribution in [2.24, 2.45) is 0 Å². The minimum Gasteiger partial charge on any atom is -0.310 e. The standard InChI is InChI=1S/C17H20F2N2/c1-3-7-21-17(13-8-12(2)10-20-11-13)9-14-15(18)5-4-6-16(14)19/h4-6,8,10-11,17,21H,3,7,9H2,1-2H3. The van der Waals surface area contributed by atoms with Gasteiger partial charge >= 0.3 is 0 Å². The predicted octanol–water partition coefficient (Wildman–Crippen LogP) is 3.95. The zero-order chi connectivity index (χ0) is 15.2. The molecule has 1 aromatic carbocycles. The number of hydrogen-bond donors (Lipinski definition) is 1. The fraction of sp³-hybridized carbons (Fsp3) is 0.353. The molecule has 0 saturated carbocycles. The molecular weight excluding hydrogens is 270 g/mol. The molecule has 0 aliphatic heterocycles. The topological polar surface area (TPSA) is 24.9 Å². The van der Waals surface area contributed by atoms with E-state index >= 15 is 0 Å². The van der Waals surface area contributed by atoms with E-state index in [9.17, 15) is 8.78 Å². The summed E-state index contributed by atoms with van der Waals surface area (Å²) in [7, 11) is 0. The van der Waals surface area contributed by atoms with Crippen LogP contribution in [0.4, 0.5) is 8.78 Å². The van der Waals surface area contributed by atoms with Crippen molar-refractivity contribution in [3.05, 3.63) is 65.0 Å². The third-order valence-electron chi connectivity index (χ3n) is 3.41. The van der Waals surface area contributed by atoms with Gasteiger partial charge in [0.1, 0.15) is 11.6 Å². The van der Waals surface area contributed by atoms with Crippen molar-refractivity contribution in [1.82, 2.24) is 10.3 Å². The molecular formula is C17H20F2N2. The van der Waals surface area contributed by atoms with Crippen molar-refractivity contribution in [2.45, 2.75) is 32.7 Å². The lowest BCUT2D eigenvalue weighted by molar-refractivity contribution is 0.489. The quantitative estimate of drug-likeness (QED) is 0.871. The smallest absolute Gasteiger partial charge is 0.129 e. The van der Waals surface area contributed by atoms with E-state index < -0.39 is 11.6 Å². The van der Waals surface area contributed by atoms with Gasteiger partial charge in [0.05, 0.1) is 0 Å². The second-order valence-electron chi connectivity index (χ2n) is 5.21. The Morgan fingerprint density at radius 3 is 2.52 bits per heavy atom. The Hall–Kier alpha value is -1.81. The van der Waals surface area contributed by atoms with Crippen LogP contribution in [0.25, 0.3) is 0 Å². The maximum atomic E-state index is 13.8. The Morgan fingerprint density at radius 2 is 1.90 bits per heavy atom. The number of pyridine rings is 1. The fourth-order valence-corrected chi connectivity index (χ4v) is 2.33. The van der Waals surface area contributed by atoms with Crippen LogP contribution in [0.2, 0.25) is 0 Å². The Kier molecular flexibility index (Phi) is 5.39. The number of rotatable bonds is 6. The molecule has 112 valence electrons. The lowest BCUT2D eigenvalue weighted by atomic mass is 9.98. The molecule has 2 aromatic rings. The number of benzene rings is 1. The second-order valence-corrected chi connectivity index (χ2v) is 5.21. The van der Waals surface area contributed by atoms with Crippen molar-refractivity contribution >= 4 is 0 Å². The lowest BCUT2D eigenvalue weighted by Crippen LogP contribution is -2.25. The van der Waals surface area contributed by atoms with Crippen LogP contribution in [0.15, 0.2) is 36.7 Å². The average Bonchev–Trinajstić information content (AvgIpc) is 2.46. The molecule has 0 bridgehead atoms. The Bertz CT molecular complexity index is 579. The highest BCUT2D eigenvalue weighted by Gasteiger charge is 2.17. The highest BCUT2D eigenvalue weighted by atomic mass is 19.1. The number of nitrogens with zero attached hydrogens (tertiary/aromatic N) is 1. The summed E-state index contributed by atoms with van der Waals surface area (Å²) >= 11 is 0. The molecule has 0 amide bonds. The Balaban J connectivity index is 2.28. The van der Waals surface area contributed by atoms with Gasteiger partial charge in [0.15, 0.2) is 0 Å². The molecule has 0 radical (unpaired) electrons. The van der Waals surface area contributed by atoms with E-state index in [2.05, 4.69) is 17.2 Å². The van der Waals surface area contributed by atoms with Crippen LogP contribution in [0, 0.1) is 18.6 Å². The summed E-state index contributed by atoms with van der Waals surface area (Å²) in [5, 5.41) is 3.34. The third-order valence-corrected chi connectivity index (χ3v) is 3.41. The number of nitrogens with one attached hydrogen (secondary N) is 1. The predicted molar refractivity (Wildman–Crippen MR) is 80.1 cm³/mol. The summed E-state index contributed by atoms with van der Waals surface area (Å²) in [5.74, 6) is -1.00. The number of aromatic nitrogens is 1. The van der Waals surface area contributed by atoms with E-state index in [1.165, 1.54) is 18.2 Å². The van der Waals surface area contributed by atoms with Crippen molar-refractivity contribution in [3.8, 4) is 0 Å². The molecule has 1 heterocycles. The van der Waals surface area contributed by atoms with E-state index in [1.54, 1.807) is 12.4 Å². The summed E-state index contributed by atoms with van der Waals surface area (Å²) < 4.78 is 27.7.